The van der Waals surface area contributed by atoms with E-state index in [1.165, 1.54) is 0 Å². The first-order chi connectivity index (χ1) is 13.1. The molecule has 3 atom stereocenters. The van der Waals surface area contributed by atoms with Gasteiger partial charge < -0.3 is 19.5 Å². The number of piperidine rings is 1. The zero-order chi connectivity index (χ0) is 19.2. The number of likely N-dealkylation sites (tertiary alicyclic amines) is 1. The topological polar surface area (TPSA) is 54.7 Å². The summed E-state index contributed by atoms with van der Waals surface area (Å²) in [4.78, 5) is 11.0. The van der Waals surface area contributed by atoms with E-state index in [-0.39, 0.29) is 6.10 Å². The van der Waals surface area contributed by atoms with Crippen molar-refractivity contribution >= 4 is 17.6 Å². The molecular weight excluding hydrogens is 362 g/mol. The molecule has 146 valence electrons. The second-order valence-electron chi connectivity index (χ2n) is 7.08. The molecule has 0 bridgehead atoms. The Morgan fingerprint density at radius 1 is 1.44 bits per heavy atom. The van der Waals surface area contributed by atoms with E-state index in [1.807, 2.05) is 57.0 Å². The number of nitrogens with zero attached hydrogens (tertiary/aromatic N) is 4. The number of aliphatic imine (C=N–C) groups is 1. The van der Waals surface area contributed by atoms with Gasteiger partial charge in [-0.1, -0.05) is 30.7 Å². The number of benzene rings is 1. The number of rotatable bonds is 5. The molecule has 3 unspecified atom stereocenters. The second-order valence-corrected chi connectivity index (χ2v) is 7.48. The van der Waals surface area contributed by atoms with Gasteiger partial charge in [0.1, 0.15) is 11.9 Å². The fraction of sp³-hybridized carbons (Fsp3) is 0.500. The number of hydrogen-bond donors (Lipinski definition) is 1. The zero-order valence-corrected chi connectivity index (χ0v) is 16.9. The van der Waals surface area contributed by atoms with Gasteiger partial charge >= 0.3 is 0 Å². The summed E-state index contributed by atoms with van der Waals surface area (Å²) in [5.74, 6) is 2.22. The lowest BCUT2D eigenvalue weighted by Gasteiger charge is -2.39. The maximum absolute atomic E-state index is 6.17. The Bertz CT molecular complexity index is 749. The number of nitrogens with one attached hydrogen (secondary N) is 1. The fourth-order valence-electron chi connectivity index (χ4n) is 3.46. The third-order valence-electron chi connectivity index (χ3n) is 5.05. The van der Waals surface area contributed by atoms with E-state index in [1.54, 1.807) is 0 Å². The van der Waals surface area contributed by atoms with Gasteiger partial charge in [0.2, 0.25) is 0 Å². The van der Waals surface area contributed by atoms with Crippen LogP contribution in [0.5, 0.6) is 5.75 Å². The summed E-state index contributed by atoms with van der Waals surface area (Å²) in [6.45, 7) is 6.89. The Kier molecular flexibility index (Phi) is 6.61. The summed E-state index contributed by atoms with van der Waals surface area (Å²) < 4.78 is 8.15. The Labute approximate surface area is 166 Å². The summed E-state index contributed by atoms with van der Waals surface area (Å²) in [5.41, 5.74) is 0. The zero-order valence-electron chi connectivity index (χ0n) is 16.2. The van der Waals surface area contributed by atoms with Crippen LogP contribution < -0.4 is 10.1 Å². The number of ether oxygens (including phenoxy) is 1. The van der Waals surface area contributed by atoms with E-state index in [0.717, 1.165) is 25.5 Å². The van der Waals surface area contributed by atoms with Crippen LogP contribution in [0.1, 0.15) is 26.3 Å². The van der Waals surface area contributed by atoms with Crippen molar-refractivity contribution in [2.24, 2.45) is 10.9 Å². The van der Waals surface area contributed by atoms with Crippen molar-refractivity contribution in [2.45, 2.75) is 32.4 Å². The number of imidazole rings is 1. The molecule has 1 N–H and O–H groups in total. The maximum atomic E-state index is 6.17. The first-order valence-corrected chi connectivity index (χ1v) is 9.80. The highest BCUT2D eigenvalue weighted by Gasteiger charge is 2.29. The van der Waals surface area contributed by atoms with Crippen LogP contribution in [-0.2, 0) is 0 Å². The predicted molar refractivity (Wildman–Crippen MR) is 110 cm³/mol. The van der Waals surface area contributed by atoms with Crippen molar-refractivity contribution in [2.75, 3.05) is 26.7 Å². The van der Waals surface area contributed by atoms with Crippen LogP contribution in [0, 0.1) is 5.92 Å². The van der Waals surface area contributed by atoms with Crippen LogP contribution in [0.2, 0.25) is 5.02 Å². The normalized spacial score (nSPS) is 21.8. The predicted octanol–water partition coefficient (Wildman–Crippen LogP) is 3.46. The van der Waals surface area contributed by atoms with Crippen molar-refractivity contribution in [1.82, 2.24) is 19.8 Å². The van der Waals surface area contributed by atoms with Gasteiger partial charge in [0.25, 0.3) is 0 Å². The van der Waals surface area contributed by atoms with Crippen LogP contribution in [0.25, 0.3) is 0 Å². The minimum Gasteiger partial charge on any atom is -0.487 e. The standard InChI is InChI=1S/C20H28ClN5O/c1-15-8-10-25(13-18(15)26-11-9-23-14-26)20(22-3)24-12-16(2)27-19-7-5-4-6-17(19)21/h4-7,9,11,14-16,18H,8,10,12-13H2,1-3H3,(H,22,24). The SMILES string of the molecule is CN=C(NCC(C)Oc1ccccc1Cl)N1CCC(C)C(n2ccnc2)C1. The molecule has 3 rings (SSSR count). The van der Waals surface area contributed by atoms with Gasteiger partial charge in [-0.15, -0.1) is 0 Å². The molecule has 1 aromatic heterocycles. The molecule has 1 aliphatic rings. The van der Waals surface area contributed by atoms with E-state index in [0.29, 0.717) is 29.3 Å². The highest BCUT2D eigenvalue weighted by molar-refractivity contribution is 6.32. The minimum atomic E-state index is -0.0326. The number of guanidine groups is 1. The third-order valence-corrected chi connectivity index (χ3v) is 5.36. The van der Waals surface area contributed by atoms with Gasteiger partial charge in [-0.05, 0) is 31.4 Å². The lowest BCUT2D eigenvalue weighted by molar-refractivity contribution is 0.184. The summed E-state index contributed by atoms with van der Waals surface area (Å²) in [6.07, 6.45) is 6.87. The quantitative estimate of drug-likeness (QED) is 0.628. The molecule has 0 amide bonds. The molecule has 2 heterocycles. The highest BCUT2D eigenvalue weighted by Crippen LogP contribution is 2.27. The van der Waals surface area contributed by atoms with Crippen LogP contribution >= 0.6 is 11.6 Å². The highest BCUT2D eigenvalue weighted by atomic mass is 35.5. The Hall–Kier alpha value is -2.21. The van der Waals surface area contributed by atoms with E-state index in [2.05, 4.69) is 31.7 Å². The Morgan fingerprint density at radius 3 is 2.96 bits per heavy atom. The molecule has 1 fully saturated rings. The monoisotopic (exact) mass is 389 g/mol. The summed E-state index contributed by atoms with van der Waals surface area (Å²) >= 11 is 6.17. The van der Waals surface area contributed by atoms with Gasteiger partial charge in [0.05, 0.1) is 23.9 Å². The van der Waals surface area contributed by atoms with E-state index < -0.39 is 0 Å². The van der Waals surface area contributed by atoms with Crippen molar-refractivity contribution in [3.05, 3.63) is 48.0 Å². The second kappa shape index (κ2) is 9.13. The molecule has 0 radical (unpaired) electrons. The maximum Gasteiger partial charge on any atom is 0.193 e. The molecule has 1 aromatic carbocycles. The number of halogens is 1. The average molecular weight is 390 g/mol. The molecule has 6 nitrogen and oxygen atoms in total. The Balaban J connectivity index is 1.56. The van der Waals surface area contributed by atoms with E-state index in [4.69, 9.17) is 16.3 Å². The molecule has 1 aliphatic heterocycles. The molecule has 0 spiro atoms. The van der Waals surface area contributed by atoms with Crippen LogP contribution in [0.15, 0.2) is 48.0 Å². The van der Waals surface area contributed by atoms with Crippen molar-refractivity contribution in [1.29, 1.82) is 0 Å². The van der Waals surface area contributed by atoms with Crippen LogP contribution in [0.3, 0.4) is 0 Å². The summed E-state index contributed by atoms with van der Waals surface area (Å²) in [6, 6.07) is 7.94. The fourth-order valence-corrected chi connectivity index (χ4v) is 3.64. The number of para-hydroxylation sites is 1. The van der Waals surface area contributed by atoms with Crippen molar-refractivity contribution < 1.29 is 4.74 Å². The lowest BCUT2D eigenvalue weighted by atomic mass is 9.93. The first-order valence-electron chi connectivity index (χ1n) is 9.42. The van der Waals surface area contributed by atoms with Gasteiger partial charge in [0, 0.05) is 32.5 Å². The van der Waals surface area contributed by atoms with Crippen molar-refractivity contribution in [3.8, 4) is 5.75 Å². The Morgan fingerprint density at radius 2 is 2.26 bits per heavy atom. The summed E-state index contributed by atoms with van der Waals surface area (Å²) in [7, 11) is 1.83. The molecule has 0 saturated carbocycles. The first kappa shape index (κ1) is 19.5. The molecule has 27 heavy (non-hydrogen) atoms. The molecule has 0 aliphatic carbocycles. The third kappa shape index (κ3) is 4.95. The van der Waals surface area contributed by atoms with Crippen LogP contribution in [0.4, 0.5) is 0 Å². The number of aromatic nitrogens is 2. The lowest BCUT2D eigenvalue weighted by Crippen LogP contribution is -2.50. The summed E-state index contributed by atoms with van der Waals surface area (Å²) in [5, 5.41) is 4.07. The molecule has 2 aromatic rings. The molecule has 7 heteroatoms. The van der Waals surface area contributed by atoms with Gasteiger partial charge in [0.15, 0.2) is 5.96 Å². The number of hydrogen-bond acceptors (Lipinski definition) is 3. The van der Waals surface area contributed by atoms with Gasteiger partial charge in [-0.2, -0.15) is 0 Å². The van der Waals surface area contributed by atoms with E-state index in [9.17, 15) is 0 Å². The van der Waals surface area contributed by atoms with Gasteiger partial charge in [-0.25, -0.2) is 4.98 Å². The smallest absolute Gasteiger partial charge is 0.193 e. The van der Waals surface area contributed by atoms with Crippen LogP contribution in [-0.4, -0.2) is 53.2 Å². The average Bonchev–Trinajstić information content (AvgIpc) is 3.20. The van der Waals surface area contributed by atoms with Crippen molar-refractivity contribution in [3.63, 3.8) is 0 Å². The largest absolute Gasteiger partial charge is 0.487 e. The minimum absolute atomic E-state index is 0.0326. The van der Waals surface area contributed by atoms with E-state index >= 15 is 0 Å². The van der Waals surface area contributed by atoms with Gasteiger partial charge in [-0.3, -0.25) is 4.99 Å². The molecular formula is C20H28ClN5O. The molecule has 1 saturated heterocycles.